The van der Waals surface area contributed by atoms with Gasteiger partial charge in [-0.2, -0.15) is 0 Å². The summed E-state index contributed by atoms with van der Waals surface area (Å²) in [5.74, 6) is 0.663. The van der Waals surface area contributed by atoms with E-state index in [4.69, 9.17) is 0 Å². The van der Waals surface area contributed by atoms with Crippen molar-refractivity contribution >= 4 is 0 Å². The zero-order chi connectivity index (χ0) is 11.9. The molecule has 1 aromatic rings. The first-order chi connectivity index (χ1) is 8.34. The number of rotatable bonds is 5. The molecular weight excluding hydrogens is 212 g/mol. The van der Waals surface area contributed by atoms with E-state index in [-0.39, 0.29) is 6.10 Å². The summed E-state index contributed by atoms with van der Waals surface area (Å²) in [4.78, 5) is 4.01. The summed E-state index contributed by atoms with van der Waals surface area (Å²) < 4.78 is 0. The number of aliphatic hydroxyl groups is 1. The summed E-state index contributed by atoms with van der Waals surface area (Å²) in [7, 11) is 0. The molecule has 0 aromatic carbocycles. The summed E-state index contributed by atoms with van der Waals surface area (Å²) in [6.45, 7) is 2.05. The topological polar surface area (TPSA) is 45.1 Å². The fourth-order valence-electron chi connectivity index (χ4n) is 2.54. The minimum Gasteiger partial charge on any atom is -0.393 e. The molecule has 3 heteroatoms. The van der Waals surface area contributed by atoms with E-state index in [9.17, 15) is 5.11 Å². The van der Waals surface area contributed by atoms with Gasteiger partial charge in [0, 0.05) is 12.4 Å². The molecule has 2 N–H and O–H groups in total. The number of pyridine rings is 1. The molecule has 94 valence electrons. The third-order valence-electron chi connectivity index (χ3n) is 3.53. The molecule has 1 aromatic heterocycles. The molecule has 0 aliphatic heterocycles. The second kappa shape index (κ2) is 6.72. The Bertz CT molecular complexity index is 315. The minimum atomic E-state index is -0.0595. The van der Waals surface area contributed by atoms with Gasteiger partial charge in [-0.05, 0) is 62.4 Å². The molecule has 0 bridgehead atoms. The van der Waals surface area contributed by atoms with Crippen LogP contribution >= 0.6 is 0 Å². The van der Waals surface area contributed by atoms with Crippen LogP contribution < -0.4 is 5.32 Å². The quantitative estimate of drug-likeness (QED) is 0.763. The summed E-state index contributed by atoms with van der Waals surface area (Å²) in [6, 6.07) is 4.12. The van der Waals surface area contributed by atoms with Crippen LogP contribution in [0.2, 0.25) is 0 Å². The molecule has 2 rings (SSSR count). The van der Waals surface area contributed by atoms with E-state index in [2.05, 4.69) is 22.4 Å². The van der Waals surface area contributed by atoms with Crippen molar-refractivity contribution < 1.29 is 5.11 Å². The SMILES string of the molecule is OC1CCCC(CNCCc2ccncc2)C1. The maximum Gasteiger partial charge on any atom is 0.0543 e. The highest BCUT2D eigenvalue weighted by atomic mass is 16.3. The van der Waals surface area contributed by atoms with E-state index < -0.39 is 0 Å². The van der Waals surface area contributed by atoms with Gasteiger partial charge in [-0.1, -0.05) is 6.42 Å². The van der Waals surface area contributed by atoms with Crippen LogP contribution in [0, 0.1) is 5.92 Å². The number of aliphatic hydroxyl groups excluding tert-OH is 1. The molecule has 17 heavy (non-hydrogen) atoms. The molecule has 1 saturated carbocycles. The van der Waals surface area contributed by atoms with Crippen molar-refractivity contribution in [3.63, 3.8) is 0 Å². The van der Waals surface area contributed by atoms with Crippen LogP contribution in [-0.4, -0.2) is 29.3 Å². The molecule has 0 saturated heterocycles. The van der Waals surface area contributed by atoms with Crippen LogP contribution in [0.4, 0.5) is 0 Å². The van der Waals surface area contributed by atoms with Gasteiger partial charge in [0.25, 0.3) is 0 Å². The summed E-state index contributed by atoms with van der Waals surface area (Å²) in [6.07, 6.45) is 9.08. The van der Waals surface area contributed by atoms with Gasteiger partial charge in [-0.15, -0.1) is 0 Å². The van der Waals surface area contributed by atoms with Crippen LogP contribution in [0.3, 0.4) is 0 Å². The van der Waals surface area contributed by atoms with Crippen molar-refractivity contribution in [2.75, 3.05) is 13.1 Å². The van der Waals surface area contributed by atoms with E-state index in [0.29, 0.717) is 5.92 Å². The molecule has 0 amide bonds. The first kappa shape index (κ1) is 12.5. The zero-order valence-corrected chi connectivity index (χ0v) is 10.3. The highest BCUT2D eigenvalue weighted by Gasteiger charge is 2.19. The molecule has 1 aliphatic rings. The molecule has 1 fully saturated rings. The standard InChI is InChI=1S/C14H22N2O/c17-14-3-1-2-13(10-14)11-16-9-6-12-4-7-15-8-5-12/h4-5,7-8,13-14,16-17H,1-3,6,9-11H2. The number of hydrogen-bond donors (Lipinski definition) is 2. The van der Waals surface area contributed by atoms with Gasteiger partial charge in [0.1, 0.15) is 0 Å². The van der Waals surface area contributed by atoms with Crippen LogP contribution in [0.25, 0.3) is 0 Å². The lowest BCUT2D eigenvalue weighted by Gasteiger charge is -2.25. The molecule has 3 nitrogen and oxygen atoms in total. The highest BCUT2D eigenvalue weighted by molar-refractivity contribution is 5.09. The minimum absolute atomic E-state index is 0.0595. The van der Waals surface area contributed by atoms with Gasteiger partial charge >= 0.3 is 0 Å². The van der Waals surface area contributed by atoms with Crippen LogP contribution in [0.15, 0.2) is 24.5 Å². The Hall–Kier alpha value is -0.930. The van der Waals surface area contributed by atoms with Crippen molar-refractivity contribution in [1.29, 1.82) is 0 Å². The van der Waals surface area contributed by atoms with E-state index in [1.165, 1.54) is 18.4 Å². The van der Waals surface area contributed by atoms with Crippen LogP contribution in [0.1, 0.15) is 31.2 Å². The largest absolute Gasteiger partial charge is 0.393 e. The summed E-state index contributed by atoms with van der Waals surface area (Å²) in [5.41, 5.74) is 1.33. The van der Waals surface area contributed by atoms with E-state index in [1.54, 1.807) is 0 Å². The Morgan fingerprint density at radius 1 is 1.29 bits per heavy atom. The number of hydrogen-bond acceptors (Lipinski definition) is 3. The second-order valence-corrected chi connectivity index (χ2v) is 5.00. The van der Waals surface area contributed by atoms with Gasteiger partial charge in [0.2, 0.25) is 0 Å². The Labute approximate surface area is 103 Å². The van der Waals surface area contributed by atoms with E-state index >= 15 is 0 Å². The molecular formula is C14H22N2O. The van der Waals surface area contributed by atoms with Crippen molar-refractivity contribution in [2.24, 2.45) is 5.92 Å². The highest BCUT2D eigenvalue weighted by Crippen LogP contribution is 2.23. The van der Waals surface area contributed by atoms with Gasteiger partial charge in [-0.25, -0.2) is 0 Å². The van der Waals surface area contributed by atoms with Gasteiger partial charge < -0.3 is 10.4 Å². The van der Waals surface area contributed by atoms with Crippen molar-refractivity contribution in [3.05, 3.63) is 30.1 Å². The van der Waals surface area contributed by atoms with Crippen molar-refractivity contribution in [2.45, 2.75) is 38.2 Å². The van der Waals surface area contributed by atoms with Gasteiger partial charge in [0.15, 0.2) is 0 Å². The Morgan fingerprint density at radius 3 is 2.88 bits per heavy atom. The normalized spacial score (nSPS) is 24.8. The Morgan fingerprint density at radius 2 is 2.12 bits per heavy atom. The predicted molar refractivity (Wildman–Crippen MR) is 68.8 cm³/mol. The van der Waals surface area contributed by atoms with Crippen LogP contribution in [0.5, 0.6) is 0 Å². The smallest absolute Gasteiger partial charge is 0.0543 e. The molecule has 0 radical (unpaired) electrons. The van der Waals surface area contributed by atoms with Gasteiger partial charge in [0.05, 0.1) is 6.10 Å². The molecule has 0 spiro atoms. The third kappa shape index (κ3) is 4.44. The van der Waals surface area contributed by atoms with Crippen LogP contribution in [-0.2, 0) is 6.42 Å². The number of nitrogens with zero attached hydrogens (tertiary/aromatic N) is 1. The van der Waals surface area contributed by atoms with E-state index in [1.807, 2.05) is 12.4 Å². The molecule has 2 atom stereocenters. The molecule has 1 heterocycles. The predicted octanol–water partition coefficient (Wildman–Crippen LogP) is 1.76. The second-order valence-electron chi connectivity index (χ2n) is 5.00. The van der Waals surface area contributed by atoms with Crippen molar-refractivity contribution in [3.8, 4) is 0 Å². The average Bonchev–Trinajstić information content (AvgIpc) is 2.36. The summed E-state index contributed by atoms with van der Waals surface area (Å²) in [5, 5.41) is 13.1. The number of nitrogens with one attached hydrogen (secondary N) is 1. The lowest BCUT2D eigenvalue weighted by Crippen LogP contribution is -2.30. The lowest BCUT2D eigenvalue weighted by molar-refractivity contribution is 0.101. The monoisotopic (exact) mass is 234 g/mol. The fourth-order valence-corrected chi connectivity index (χ4v) is 2.54. The van der Waals surface area contributed by atoms with Gasteiger partial charge in [-0.3, -0.25) is 4.98 Å². The average molecular weight is 234 g/mol. The maximum absolute atomic E-state index is 9.58. The number of aromatic nitrogens is 1. The third-order valence-corrected chi connectivity index (χ3v) is 3.53. The zero-order valence-electron chi connectivity index (χ0n) is 10.3. The lowest BCUT2D eigenvalue weighted by atomic mass is 9.87. The first-order valence-corrected chi connectivity index (χ1v) is 6.62. The maximum atomic E-state index is 9.58. The molecule has 2 unspecified atom stereocenters. The fraction of sp³-hybridized carbons (Fsp3) is 0.643. The Balaban J connectivity index is 1.60. The van der Waals surface area contributed by atoms with Crippen molar-refractivity contribution in [1.82, 2.24) is 10.3 Å². The first-order valence-electron chi connectivity index (χ1n) is 6.62. The molecule has 1 aliphatic carbocycles. The Kier molecular flexibility index (Phi) is 4.95. The van der Waals surface area contributed by atoms with E-state index in [0.717, 1.165) is 32.4 Å². The summed E-state index contributed by atoms with van der Waals surface area (Å²) >= 11 is 0.